The molecule has 0 radical (unpaired) electrons. The number of alkyl halides is 2. The molecule has 118 valence electrons. The molecule has 1 unspecified atom stereocenters. The molecule has 1 aliphatic carbocycles. The molecule has 1 atom stereocenters. The van der Waals surface area contributed by atoms with E-state index >= 15 is 0 Å². The smallest absolute Gasteiger partial charge is 0.159 e. The fraction of sp³-hybridized carbons (Fsp3) is 1.00. The van der Waals surface area contributed by atoms with Gasteiger partial charge in [-0.3, -0.25) is 0 Å². The molecule has 2 rings (SSSR count). The molecule has 1 heterocycles. The van der Waals surface area contributed by atoms with Crippen molar-refractivity contribution in [2.24, 2.45) is 11.3 Å². The van der Waals surface area contributed by atoms with Crippen molar-refractivity contribution >= 4 is 23.2 Å². The van der Waals surface area contributed by atoms with Crippen LogP contribution in [0.1, 0.15) is 47.0 Å². The fourth-order valence-corrected chi connectivity index (χ4v) is 3.29. The zero-order valence-electron chi connectivity index (χ0n) is 12.9. The Morgan fingerprint density at radius 3 is 2.20 bits per heavy atom. The van der Waals surface area contributed by atoms with E-state index in [1.165, 1.54) is 0 Å². The molecule has 0 aromatic rings. The molecule has 0 aromatic carbocycles. The predicted molar refractivity (Wildman–Crippen MR) is 81.3 cm³/mol. The van der Waals surface area contributed by atoms with Gasteiger partial charge in [0, 0.05) is 17.8 Å². The molecular weight excluding hydrogens is 299 g/mol. The lowest BCUT2D eigenvalue weighted by Gasteiger charge is -2.41. The van der Waals surface area contributed by atoms with Gasteiger partial charge in [0.15, 0.2) is 6.29 Å². The van der Waals surface area contributed by atoms with Gasteiger partial charge in [-0.1, -0.05) is 50.4 Å². The van der Waals surface area contributed by atoms with Crippen LogP contribution in [0.2, 0.25) is 0 Å². The van der Waals surface area contributed by atoms with Gasteiger partial charge in [-0.05, 0) is 13.3 Å². The van der Waals surface area contributed by atoms with Crippen molar-refractivity contribution in [3.63, 3.8) is 0 Å². The van der Waals surface area contributed by atoms with E-state index in [9.17, 15) is 0 Å². The first kappa shape index (κ1) is 16.8. The van der Waals surface area contributed by atoms with Crippen LogP contribution < -0.4 is 0 Å². The second kappa shape index (κ2) is 5.92. The highest BCUT2D eigenvalue weighted by atomic mass is 35.5. The molecule has 1 aliphatic heterocycles. The summed E-state index contributed by atoms with van der Waals surface area (Å²) in [6, 6.07) is 0. The molecule has 0 N–H and O–H groups in total. The topological polar surface area (TPSA) is 27.7 Å². The van der Waals surface area contributed by atoms with Gasteiger partial charge in [-0.15, -0.1) is 0 Å². The second-order valence-corrected chi connectivity index (χ2v) is 8.37. The van der Waals surface area contributed by atoms with Gasteiger partial charge in [-0.2, -0.15) is 0 Å². The van der Waals surface area contributed by atoms with Crippen LogP contribution in [-0.2, 0) is 14.2 Å². The summed E-state index contributed by atoms with van der Waals surface area (Å²) >= 11 is 12.3. The molecular formula is C15H26Cl2O3. The van der Waals surface area contributed by atoms with E-state index in [1.54, 1.807) is 0 Å². The summed E-state index contributed by atoms with van der Waals surface area (Å²) in [6.07, 6.45) is 2.68. The lowest BCUT2D eigenvalue weighted by atomic mass is 9.85. The van der Waals surface area contributed by atoms with E-state index in [0.29, 0.717) is 32.2 Å². The monoisotopic (exact) mass is 324 g/mol. The minimum Gasteiger partial charge on any atom is -0.371 e. The van der Waals surface area contributed by atoms with Crippen molar-refractivity contribution in [2.75, 3.05) is 19.8 Å². The summed E-state index contributed by atoms with van der Waals surface area (Å²) in [6.45, 7) is 10.3. The third kappa shape index (κ3) is 3.44. The first-order valence-corrected chi connectivity index (χ1v) is 8.24. The Morgan fingerprint density at radius 1 is 1.25 bits per heavy atom. The molecule has 3 nitrogen and oxygen atoms in total. The van der Waals surface area contributed by atoms with Crippen molar-refractivity contribution in [1.29, 1.82) is 0 Å². The largest absolute Gasteiger partial charge is 0.371 e. The summed E-state index contributed by atoms with van der Waals surface area (Å²) < 4.78 is 17.0. The van der Waals surface area contributed by atoms with Gasteiger partial charge in [0.2, 0.25) is 0 Å². The summed E-state index contributed by atoms with van der Waals surface area (Å²) in [5.41, 5.74) is -0.499. The number of ether oxygens (including phenoxy) is 3. The molecule has 0 aromatic heterocycles. The van der Waals surface area contributed by atoms with Crippen LogP contribution in [0.25, 0.3) is 0 Å². The molecule has 1 saturated carbocycles. The Bertz CT molecular complexity index is 338. The minimum absolute atomic E-state index is 0.0738. The highest BCUT2D eigenvalue weighted by Gasteiger charge is 2.65. The zero-order valence-corrected chi connectivity index (χ0v) is 14.4. The maximum Gasteiger partial charge on any atom is 0.159 e. The zero-order chi connectivity index (χ0) is 15.0. The lowest BCUT2D eigenvalue weighted by Crippen LogP contribution is -2.47. The average molecular weight is 325 g/mol. The van der Waals surface area contributed by atoms with Crippen LogP contribution in [0.15, 0.2) is 0 Å². The Hall–Kier alpha value is 0.460. The third-order valence-electron chi connectivity index (χ3n) is 4.34. The van der Waals surface area contributed by atoms with Crippen LogP contribution >= 0.6 is 23.2 Å². The summed E-state index contributed by atoms with van der Waals surface area (Å²) in [5, 5.41) is 0. The summed E-state index contributed by atoms with van der Waals surface area (Å²) in [4.78, 5) is 0. The van der Waals surface area contributed by atoms with Gasteiger partial charge in [0.05, 0.1) is 19.8 Å². The van der Waals surface area contributed by atoms with E-state index < -0.39 is 9.93 Å². The molecule has 0 bridgehead atoms. The first-order valence-electron chi connectivity index (χ1n) is 7.49. The number of halogens is 2. The standard InChI is InChI=1S/C15H26Cl2O3/c1-5-6-14(8-18-12(11(2)3)19-9-14)10-20-13(4)7-15(13,16)17/h11-12H,5-10H2,1-4H3. The number of hydrogen-bond acceptors (Lipinski definition) is 3. The Morgan fingerprint density at radius 2 is 1.80 bits per heavy atom. The Balaban J connectivity index is 1.91. The highest BCUT2D eigenvalue weighted by Crippen LogP contribution is 2.59. The molecule has 0 amide bonds. The van der Waals surface area contributed by atoms with E-state index in [1.807, 2.05) is 6.92 Å². The Labute approximate surface area is 132 Å². The normalized spacial score (nSPS) is 40.0. The fourth-order valence-electron chi connectivity index (χ4n) is 2.67. The molecule has 20 heavy (non-hydrogen) atoms. The third-order valence-corrected chi connectivity index (χ3v) is 5.40. The summed E-state index contributed by atoms with van der Waals surface area (Å²) in [7, 11) is 0. The van der Waals surface area contributed by atoms with Crippen molar-refractivity contribution in [1.82, 2.24) is 0 Å². The van der Waals surface area contributed by atoms with Crippen molar-refractivity contribution in [3.8, 4) is 0 Å². The first-order chi connectivity index (χ1) is 9.24. The maximum atomic E-state index is 6.13. The van der Waals surface area contributed by atoms with Crippen LogP contribution in [0.3, 0.4) is 0 Å². The van der Waals surface area contributed by atoms with Crippen LogP contribution in [-0.4, -0.2) is 36.0 Å². The van der Waals surface area contributed by atoms with E-state index in [0.717, 1.165) is 12.8 Å². The van der Waals surface area contributed by atoms with Gasteiger partial charge in [0.1, 0.15) is 9.93 Å². The number of rotatable bonds is 6. The van der Waals surface area contributed by atoms with Crippen LogP contribution in [0.5, 0.6) is 0 Å². The van der Waals surface area contributed by atoms with Crippen LogP contribution in [0.4, 0.5) is 0 Å². The van der Waals surface area contributed by atoms with Gasteiger partial charge in [-0.25, -0.2) is 0 Å². The highest BCUT2D eigenvalue weighted by molar-refractivity contribution is 6.52. The van der Waals surface area contributed by atoms with E-state index in [-0.39, 0.29) is 11.7 Å². The predicted octanol–water partition coefficient (Wildman–Crippen LogP) is 4.15. The molecule has 0 spiro atoms. The average Bonchev–Trinajstić information content (AvgIpc) is 2.88. The molecule has 2 fully saturated rings. The summed E-state index contributed by atoms with van der Waals surface area (Å²) in [5.74, 6) is 0.370. The van der Waals surface area contributed by atoms with E-state index in [2.05, 4.69) is 20.8 Å². The maximum absolute atomic E-state index is 6.13. The molecule has 5 heteroatoms. The van der Waals surface area contributed by atoms with Gasteiger partial charge >= 0.3 is 0 Å². The SMILES string of the molecule is CCCC1(COC2(C)CC2(Cl)Cl)COC(C(C)C)OC1. The molecule has 2 aliphatic rings. The number of hydrogen-bond donors (Lipinski definition) is 0. The van der Waals surface area contributed by atoms with E-state index in [4.69, 9.17) is 37.4 Å². The van der Waals surface area contributed by atoms with Crippen molar-refractivity contribution < 1.29 is 14.2 Å². The minimum atomic E-state index is -0.739. The van der Waals surface area contributed by atoms with Crippen molar-refractivity contribution in [3.05, 3.63) is 0 Å². The second-order valence-electron chi connectivity index (χ2n) is 6.89. The van der Waals surface area contributed by atoms with Gasteiger partial charge < -0.3 is 14.2 Å². The van der Waals surface area contributed by atoms with Gasteiger partial charge in [0.25, 0.3) is 0 Å². The Kier molecular flexibility index (Phi) is 4.98. The quantitative estimate of drug-likeness (QED) is 0.687. The lowest BCUT2D eigenvalue weighted by molar-refractivity contribution is -0.258. The van der Waals surface area contributed by atoms with Crippen LogP contribution in [0, 0.1) is 11.3 Å². The molecule has 1 saturated heterocycles. The van der Waals surface area contributed by atoms with Crippen molar-refractivity contribution in [2.45, 2.75) is 63.2 Å².